The van der Waals surface area contributed by atoms with Crippen LogP contribution in [0.1, 0.15) is 5.56 Å². The van der Waals surface area contributed by atoms with Gasteiger partial charge in [0, 0.05) is 11.3 Å². The Hall–Kier alpha value is -1.62. The molecular formula is C10H9N3OS. The Kier molecular flexibility index (Phi) is 1.56. The third-order valence-corrected chi connectivity index (χ3v) is 3.31. The van der Waals surface area contributed by atoms with E-state index in [1.54, 1.807) is 0 Å². The monoisotopic (exact) mass is 219 g/mol. The molecule has 2 aliphatic rings. The van der Waals surface area contributed by atoms with E-state index in [0.717, 1.165) is 11.3 Å². The fourth-order valence-corrected chi connectivity index (χ4v) is 2.45. The summed E-state index contributed by atoms with van der Waals surface area (Å²) in [4.78, 5) is 11.9. The van der Waals surface area contributed by atoms with Crippen LogP contribution in [0.25, 0.3) is 0 Å². The second kappa shape index (κ2) is 2.70. The van der Waals surface area contributed by atoms with Crippen LogP contribution >= 0.6 is 12.2 Å². The van der Waals surface area contributed by atoms with Gasteiger partial charge in [-0.1, -0.05) is 30.4 Å². The maximum atomic E-state index is 11.2. The van der Waals surface area contributed by atoms with Gasteiger partial charge in [-0.25, -0.2) is 4.79 Å². The number of hydrogen-bond donors (Lipinski definition) is 3. The van der Waals surface area contributed by atoms with Crippen LogP contribution in [0.3, 0.4) is 0 Å². The third kappa shape index (κ3) is 1.01. The van der Waals surface area contributed by atoms with Crippen molar-refractivity contribution in [2.45, 2.75) is 5.54 Å². The molecule has 0 saturated carbocycles. The molecule has 2 aliphatic heterocycles. The first-order chi connectivity index (χ1) is 7.22. The molecule has 0 aromatic heterocycles. The van der Waals surface area contributed by atoms with Crippen molar-refractivity contribution in [3.63, 3.8) is 0 Å². The smallest absolute Gasteiger partial charge is 0.316 e. The zero-order valence-electron chi connectivity index (χ0n) is 7.83. The molecule has 0 radical (unpaired) electrons. The Morgan fingerprint density at radius 3 is 2.87 bits per heavy atom. The van der Waals surface area contributed by atoms with E-state index in [2.05, 4.69) is 16.0 Å². The van der Waals surface area contributed by atoms with Crippen LogP contribution in [-0.2, 0) is 5.54 Å². The van der Waals surface area contributed by atoms with E-state index < -0.39 is 5.54 Å². The molecule has 1 aromatic carbocycles. The van der Waals surface area contributed by atoms with Crippen LogP contribution < -0.4 is 16.0 Å². The molecule has 3 N–H and O–H groups in total. The molecule has 0 bridgehead atoms. The molecular weight excluding hydrogens is 210 g/mol. The van der Waals surface area contributed by atoms with E-state index in [1.165, 1.54) is 0 Å². The first-order valence-electron chi connectivity index (χ1n) is 4.69. The van der Waals surface area contributed by atoms with Crippen molar-refractivity contribution in [3.05, 3.63) is 29.8 Å². The van der Waals surface area contributed by atoms with Crippen molar-refractivity contribution in [2.24, 2.45) is 0 Å². The number of urea groups is 1. The maximum Gasteiger partial charge on any atom is 0.316 e. The Morgan fingerprint density at radius 2 is 2.13 bits per heavy atom. The summed E-state index contributed by atoms with van der Waals surface area (Å²) in [6.45, 7) is 0.509. The summed E-state index contributed by atoms with van der Waals surface area (Å²) in [6, 6.07) is 7.66. The number of para-hydroxylation sites is 1. The lowest BCUT2D eigenvalue weighted by molar-refractivity contribution is 0.246. The van der Waals surface area contributed by atoms with Crippen LogP contribution in [0.15, 0.2) is 24.3 Å². The van der Waals surface area contributed by atoms with Gasteiger partial charge in [-0.3, -0.25) is 0 Å². The molecule has 1 fully saturated rings. The summed E-state index contributed by atoms with van der Waals surface area (Å²) in [5, 5.41) is 8.75. The number of nitrogens with one attached hydrogen (secondary N) is 3. The molecule has 15 heavy (non-hydrogen) atoms. The number of benzene rings is 1. The molecule has 2 heterocycles. The molecule has 1 aromatic rings. The molecule has 1 spiro atoms. The van der Waals surface area contributed by atoms with E-state index in [-0.39, 0.29) is 6.03 Å². The van der Waals surface area contributed by atoms with Crippen LogP contribution in [0.4, 0.5) is 10.5 Å². The molecule has 1 saturated heterocycles. The average molecular weight is 219 g/mol. The van der Waals surface area contributed by atoms with Crippen LogP contribution in [0.5, 0.6) is 0 Å². The second-order valence-corrected chi connectivity index (χ2v) is 4.12. The molecule has 1 unspecified atom stereocenters. The molecule has 3 rings (SSSR count). The number of fused-ring (bicyclic) bond motifs is 2. The first-order valence-corrected chi connectivity index (χ1v) is 5.10. The zero-order chi connectivity index (χ0) is 10.5. The quantitative estimate of drug-likeness (QED) is 0.569. The molecule has 0 aliphatic carbocycles. The van der Waals surface area contributed by atoms with Gasteiger partial charge in [-0.2, -0.15) is 0 Å². The minimum atomic E-state index is -0.539. The number of anilines is 1. The lowest BCUT2D eigenvalue weighted by Gasteiger charge is -2.21. The lowest BCUT2D eigenvalue weighted by atomic mass is 9.93. The van der Waals surface area contributed by atoms with Crippen LogP contribution in [0, 0.1) is 0 Å². The Balaban J connectivity index is 2.17. The first kappa shape index (κ1) is 8.67. The third-order valence-electron chi connectivity index (χ3n) is 2.86. The molecule has 5 heteroatoms. The summed E-state index contributed by atoms with van der Waals surface area (Å²) < 4.78 is 0. The Morgan fingerprint density at radius 1 is 1.33 bits per heavy atom. The molecule has 1 atom stereocenters. The maximum absolute atomic E-state index is 11.2. The highest BCUT2D eigenvalue weighted by atomic mass is 32.1. The molecule has 76 valence electrons. The number of carbonyl (C=O) groups is 1. The van der Waals surface area contributed by atoms with Gasteiger partial charge in [0.05, 0.1) is 6.54 Å². The van der Waals surface area contributed by atoms with Crippen LogP contribution in [0.2, 0.25) is 0 Å². The number of amides is 2. The average Bonchev–Trinajstić information content (AvgIpc) is 2.73. The van der Waals surface area contributed by atoms with Crippen molar-refractivity contribution >= 4 is 28.9 Å². The topological polar surface area (TPSA) is 53.2 Å². The highest BCUT2D eigenvalue weighted by Gasteiger charge is 2.48. The van der Waals surface area contributed by atoms with E-state index in [9.17, 15) is 4.79 Å². The van der Waals surface area contributed by atoms with Crippen molar-refractivity contribution in [1.29, 1.82) is 0 Å². The second-order valence-electron chi connectivity index (χ2n) is 3.71. The largest absolute Gasteiger partial charge is 0.347 e. The summed E-state index contributed by atoms with van der Waals surface area (Å²) >= 11 is 5.28. The van der Waals surface area contributed by atoms with E-state index in [4.69, 9.17) is 12.2 Å². The summed E-state index contributed by atoms with van der Waals surface area (Å²) in [6.07, 6.45) is 0. The Labute approximate surface area is 92.0 Å². The Bertz CT molecular complexity index is 473. The van der Waals surface area contributed by atoms with Gasteiger partial charge in [-0.05, 0) is 6.07 Å². The SMILES string of the molecule is O=C1NCC2(N1)C(=S)Nc1ccccc12. The number of thiocarbonyl (C=S) groups is 1. The van der Waals surface area contributed by atoms with Gasteiger partial charge in [0.25, 0.3) is 0 Å². The molecule has 4 nitrogen and oxygen atoms in total. The predicted octanol–water partition coefficient (Wildman–Crippen LogP) is 0.948. The molecule has 2 amide bonds. The lowest BCUT2D eigenvalue weighted by Crippen LogP contribution is -2.45. The normalized spacial score (nSPS) is 27.2. The van der Waals surface area contributed by atoms with Crippen molar-refractivity contribution < 1.29 is 4.79 Å². The summed E-state index contributed by atoms with van der Waals surface area (Å²) in [5.74, 6) is 0. The van der Waals surface area contributed by atoms with E-state index >= 15 is 0 Å². The fraction of sp³-hybridized carbons (Fsp3) is 0.200. The van der Waals surface area contributed by atoms with E-state index in [1.807, 2.05) is 24.3 Å². The van der Waals surface area contributed by atoms with Crippen molar-refractivity contribution in [3.8, 4) is 0 Å². The van der Waals surface area contributed by atoms with E-state index in [0.29, 0.717) is 11.5 Å². The fourth-order valence-electron chi connectivity index (χ4n) is 2.11. The standard InChI is InChI=1S/C10H9N3OS/c14-9-11-5-10(13-9)6-3-1-2-4-7(6)12-8(10)15/h1-4H,5H2,(H,12,15)(H2,11,13,14). The highest BCUT2D eigenvalue weighted by Crippen LogP contribution is 2.37. The predicted molar refractivity (Wildman–Crippen MR) is 60.9 cm³/mol. The number of hydrogen-bond acceptors (Lipinski definition) is 2. The van der Waals surface area contributed by atoms with Gasteiger partial charge in [-0.15, -0.1) is 0 Å². The van der Waals surface area contributed by atoms with Gasteiger partial charge < -0.3 is 16.0 Å². The van der Waals surface area contributed by atoms with Gasteiger partial charge in [0.2, 0.25) is 0 Å². The van der Waals surface area contributed by atoms with Gasteiger partial charge in [0.1, 0.15) is 10.5 Å². The number of rotatable bonds is 0. The van der Waals surface area contributed by atoms with Crippen molar-refractivity contribution in [2.75, 3.05) is 11.9 Å². The van der Waals surface area contributed by atoms with Crippen molar-refractivity contribution in [1.82, 2.24) is 10.6 Å². The number of carbonyl (C=O) groups excluding carboxylic acids is 1. The minimum Gasteiger partial charge on any atom is -0.347 e. The zero-order valence-corrected chi connectivity index (χ0v) is 8.65. The summed E-state index contributed by atoms with van der Waals surface area (Å²) in [5.41, 5.74) is 1.48. The van der Waals surface area contributed by atoms with Gasteiger partial charge in [0.15, 0.2) is 0 Å². The van der Waals surface area contributed by atoms with Gasteiger partial charge >= 0.3 is 6.03 Å². The highest BCUT2D eigenvalue weighted by molar-refractivity contribution is 7.80. The van der Waals surface area contributed by atoms with Crippen LogP contribution in [-0.4, -0.2) is 17.6 Å². The minimum absolute atomic E-state index is 0.171. The summed E-state index contributed by atoms with van der Waals surface area (Å²) in [7, 11) is 0.